The van der Waals surface area contributed by atoms with Gasteiger partial charge in [-0.1, -0.05) is 35.0 Å². The number of hydrogen-bond acceptors (Lipinski definition) is 6. The number of carbonyl (C=O) groups is 1. The van der Waals surface area contributed by atoms with Gasteiger partial charge in [0.1, 0.15) is 24.5 Å². The topological polar surface area (TPSA) is 90.6 Å². The average Bonchev–Trinajstić information content (AvgIpc) is 3.22. The third kappa shape index (κ3) is 5.27. The van der Waals surface area contributed by atoms with E-state index in [1.807, 2.05) is 24.3 Å². The molecule has 0 saturated carbocycles. The molecule has 8 nitrogen and oxygen atoms in total. The summed E-state index contributed by atoms with van der Waals surface area (Å²) in [5.41, 5.74) is 4.85. The SMILES string of the molecule is COc1cc(C=NNC(=O)Cn2nnc3ccccc32)ccc1OCc1c(F)cccc1Cl. The minimum Gasteiger partial charge on any atom is -0.493 e. The van der Waals surface area contributed by atoms with E-state index in [4.69, 9.17) is 21.1 Å². The fourth-order valence-corrected chi connectivity index (χ4v) is 3.31. The molecule has 0 saturated heterocycles. The van der Waals surface area contributed by atoms with E-state index in [9.17, 15) is 9.18 Å². The van der Waals surface area contributed by atoms with Gasteiger partial charge in [0.15, 0.2) is 11.5 Å². The number of carbonyl (C=O) groups excluding carboxylic acids is 1. The zero-order valence-corrected chi connectivity index (χ0v) is 18.3. The van der Waals surface area contributed by atoms with Crippen molar-refractivity contribution >= 4 is 34.8 Å². The predicted molar refractivity (Wildman–Crippen MR) is 122 cm³/mol. The van der Waals surface area contributed by atoms with Crippen molar-refractivity contribution in [3.63, 3.8) is 0 Å². The van der Waals surface area contributed by atoms with Gasteiger partial charge in [-0.3, -0.25) is 4.79 Å². The standard InChI is InChI=1S/C23H19ClFN5O3/c1-32-22-11-15(9-10-21(22)33-14-16-17(24)5-4-6-18(16)25)12-26-28-23(31)13-30-20-8-3-2-7-19(20)27-29-30/h2-12H,13-14H2,1H3,(H,28,31). The molecule has 1 amide bonds. The van der Waals surface area contributed by atoms with Crippen molar-refractivity contribution in [3.8, 4) is 11.5 Å². The van der Waals surface area contributed by atoms with E-state index in [1.54, 1.807) is 24.3 Å². The number of benzene rings is 3. The van der Waals surface area contributed by atoms with Gasteiger partial charge in [-0.25, -0.2) is 14.5 Å². The van der Waals surface area contributed by atoms with Crippen molar-refractivity contribution in [1.29, 1.82) is 0 Å². The molecular weight excluding hydrogens is 449 g/mol. The van der Waals surface area contributed by atoms with Gasteiger partial charge in [0, 0.05) is 5.56 Å². The molecule has 3 aromatic carbocycles. The summed E-state index contributed by atoms with van der Waals surface area (Å²) in [7, 11) is 1.49. The Kier molecular flexibility index (Phi) is 6.80. The highest BCUT2D eigenvalue weighted by molar-refractivity contribution is 6.31. The molecule has 4 rings (SSSR count). The normalized spacial score (nSPS) is 11.1. The number of para-hydroxylation sites is 1. The van der Waals surface area contributed by atoms with Crippen LogP contribution in [0.15, 0.2) is 65.8 Å². The number of aromatic nitrogens is 3. The number of fused-ring (bicyclic) bond motifs is 1. The third-order valence-electron chi connectivity index (χ3n) is 4.74. The van der Waals surface area contributed by atoms with E-state index in [2.05, 4.69) is 20.8 Å². The zero-order chi connectivity index (χ0) is 23.2. The summed E-state index contributed by atoms with van der Waals surface area (Å²) >= 11 is 6.04. The maximum atomic E-state index is 13.9. The molecule has 168 valence electrons. The number of hydrazone groups is 1. The van der Waals surface area contributed by atoms with E-state index in [1.165, 1.54) is 30.1 Å². The van der Waals surface area contributed by atoms with Gasteiger partial charge in [-0.15, -0.1) is 5.10 Å². The predicted octanol–water partition coefficient (Wildman–Crippen LogP) is 3.96. The van der Waals surface area contributed by atoms with Crippen molar-refractivity contribution in [1.82, 2.24) is 20.4 Å². The first-order valence-electron chi connectivity index (χ1n) is 9.89. The molecule has 1 aromatic heterocycles. The summed E-state index contributed by atoms with van der Waals surface area (Å²) in [6.07, 6.45) is 1.47. The molecule has 0 fully saturated rings. The highest BCUT2D eigenvalue weighted by Gasteiger charge is 2.11. The first-order valence-corrected chi connectivity index (χ1v) is 10.3. The summed E-state index contributed by atoms with van der Waals surface area (Å²) in [4.78, 5) is 12.2. The number of rotatable bonds is 8. The lowest BCUT2D eigenvalue weighted by Gasteiger charge is -2.12. The summed E-state index contributed by atoms with van der Waals surface area (Å²) in [5.74, 6) is 0.0401. The molecule has 10 heteroatoms. The molecule has 0 spiro atoms. The minimum absolute atomic E-state index is 0.0213. The Bertz CT molecular complexity index is 1300. The monoisotopic (exact) mass is 467 g/mol. The Morgan fingerprint density at radius 1 is 1.18 bits per heavy atom. The molecule has 0 bridgehead atoms. The Balaban J connectivity index is 1.37. The number of nitrogens with one attached hydrogen (secondary N) is 1. The van der Waals surface area contributed by atoms with Crippen LogP contribution in [0.1, 0.15) is 11.1 Å². The lowest BCUT2D eigenvalue weighted by Crippen LogP contribution is -2.23. The van der Waals surface area contributed by atoms with Gasteiger partial charge in [0.25, 0.3) is 5.91 Å². The lowest BCUT2D eigenvalue weighted by atomic mass is 10.2. The van der Waals surface area contributed by atoms with Crippen molar-refractivity contribution in [3.05, 3.63) is 82.6 Å². The Hall–Kier alpha value is -3.98. The maximum Gasteiger partial charge on any atom is 0.261 e. The Morgan fingerprint density at radius 3 is 2.85 bits per heavy atom. The number of nitrogens with zero attached hydrogens (tertiary/aromatic N) is 4. The van der Waals surface area contributed by atoms with E-state index in [0.717, 1.165) is 5.52 Å². The van der Waals surface area contributed by atoms with Crippen LogP contribution in [-0.2, 0) is 17.9 Å². The van der Waals surface area contributed by atoms with Crippen LogP contribution in [0, 0.1) is 5.82 Å². The molecule has 0 unspecified atom stereocenters. The van der Waals surface area contributed by atoms with Crippen LogP contribution in [0.3, 0.4) is 0 Å². The second-order valence-corrected chi connectivity index (χ2v) is 7.34. The average molecular weight is 468 g/mol. The van der Waals surface area contributed by atoms with E-state index in [-0.39, 0.29) is 29.6 Å². The van der Waals surface area contributed by atoms with E-state index >= 15 is 0 Å². The lowest BCUT2D eigenvalue weighted by molar-refractivity contribution is -0.121. The maximum absolute atomic E-state index is 13.9. The van der Waals surface area contributed by atoms with Gasteiger partial charge < -0.3 is 9.47 Å². The summed E-state index contributed by atoms with van der Waals surface area (Å²) in [5, 5.41) is 12.2. The minimum atomic E-state index is -0.445. The highest BCUT2D eigenvalue weighted by atomic mass is 35.5. The van der Waals surface area contributed by atoms with Gasteiger partial charge in [-0.05, 0) is 48.0 Å². The van der Waals surface area contributed by atoms with Gasteiger partial charge in [0.05, 0.1) is 23.9 Å². The van der Waals surface area contributed by atoms with Gasteiger partial charge in [0.2, 0.25) is 0 Å². The summed E-state index contributed by atoms with van der Waals surface area (Å²) in [6, 6.07) is 16.9. The molecule has 33 heavy (non-hydrogen) atoms. The van der Waals surface area contributed by atoms with Crippen LogP contribution in [0.4, 0.5) is 4.39 Å². The van der Waals surface area contributed by atoms with Gasteiger partial charge in [-0.2, -0.15) is 5.10 Å². The molecule has 0 radical (unpaired) electrons. The van der Waals surface area contributed by atoms with Crippen LogP contribution < -0.4 is 14.9 Å². The second kappa shape index (κ2) is 10.1. The number of halogens is 2. The number of ether oxygens (including phenoxy) is 2. The zero-order valence-electron chi connectivity index (χ0n) is 17.5. The van der Waals surface area contributed by atoms with Crippen molar-refractivity contribution in [2.24, 2.45) is 5.10 Å². The van der Waals surface area contributed by atoms with Gasteiger partial charge >= 0.3 is 0 Å². The van der Waals surface area contributed by atoms with E-state index < -0.39 is 5.82 Å². The molecule has 0 aliphatic rings. The van der Waals surface area contributed by atoms with Crippen molar-refractivity contribution in [2.45, 2.75) is 13.2 Å². The van der Waals surface area contributed by atoms with Crippen LogP contribution >= 0.6 is 11.6 Å². The third-order valence-corrected chi connectivity index (χ3v) is 5.09. The fourth-order valence-electron chi connectivity index (χ4n) is 3.09. The fraction of sp³-hybridized carbons (Fsp3) is 0.130. The molecule has 1 N–H and O–H groups in total. The number of hydrogen-bond donors (Lipinski definition) is 1. The first-order chi connectivity index (χ1) is 16.0. The summed E-state index contributed by atoms with van der Waals surface area (Å²) in [6.45, 7) is -0.0745. The van der Waals surface area contributed by atoms with Crippen molar-refractivity contribution < 1.29 is 18.7 Å². The summed E-state index contributed by atoms with van der Waals surface area (Å²) < 4.78 is 26.5. The smallest absolute Gasteiger partial charge is 0.261 e. The quantitative estimate of drug-likeness (QED) is 0.313. The van der Waals surface area contributed by atoms with Crippen LogP contribution in [0.5, 0.6) is 11.5 Å². The van der Waals surface area contributed by atoms with Crippen molar-refractivity contribution in [2.75, 3.05) is 7.11 Å². The number of amides is 1. The van der Waals surface area contributed by atoms with Crippen LogP contribution in [-0.4, -0.2) is 34.2 Å². The molecule has 1 heterocycles. The molecule has 0 atom stereocenters. The molecule has 4 aromatic rings. The molecule has 0 aliphatic carbocycles. The second-order valence-electron chi connectivity index (χ2n) is 6.93. The highest BCUT2D eigenvalue weighted by Crippen LogP contribution is 2.29. The molecular formula is C23H19ClFN5O3. The number of methoxy groups -OCH3 is 1. The van der Waals surface area contributed by atoms with E-state index in [0.29, 0.717) is 22.6 Å². The Labute approximate surface area is 193 Å². The Morgan fingerprint density at radius 2 is 2.03 bits per heavy atom. The first kappa shape index (κ1) is 22.2. The van der Waals surface area contributed by atoms with Crippen LogP contribution in [0.2, 0.25) is 5.02 Å². The van der Waals surface area contributed by atoms with Crippen LogP contribution in [0.25, 0.3) is 11.0 Å². The largest absolute Gasteiger partial charge is 0.493 e. The molecule has 0 aliphatic heterocycles.